The lowest BCUT2D eigenvalue weighted by molar-refractivity contribution is 0.348. The number of nitrogens with one attached hydrogen (secondary N) is 1. The molecule has 32 heavy (non-hydrogen) atoms. The molecule has 0 radical (unpaired) electrons. The third kappa shape index (κ3) is 3.64. The maximum absolute atomic E-state index is 5.66. The van der Waals surface area contributed by atoms with Crippen molar-refractivity contribution in [2.45, 2.75) is 38.6 Å². The van der Waals surface area contributed by atoms with Gasteiger partial charge in [0, 0.05) is 24.0 Å². The summed E-state index contributed by atoms with van der Waals surface area (Å²) < 4.78 is 9.62. The van der Waals surface area contributed by atoms with Crippen molar-refractivity contribution in [3.8, 4) is 22.7 Å². The van der Waals surface area contributed by atoms with Crippen molar-refractivity contribution in [1.29, 1.82) is 0 Å². The Bertz CT molecular complexity index is 1250. The molecule has 7 heteroatoms. The average molecular weight is 429 g/mol. The van der Waals surface area contributed by atoms with Crippen molar-refractivity contribution in [3.05, 3.63) is 72.4 Å². The van der Waals surface area contributed by atoms with Gasteiger partial charge in [0.2, 0.25) is 0 Å². The number of anilines is 1. The Labute approximate surface area is 188 Å². The lowest BCUT2D eigenvalue weighted by atomic mass is 9.79. The highest BCUT2D eigenvalue weighted by atomic mass is 16.5. The van der Waals surface area contributed by atoms with E-state index in [0.717, 1.165) is 41.4 Å². The lowest BCUT2D eigenvalue weighted by Gasteiger charge is -2.27. The molecule has 0 aliphatic carbocycles. The van der Waals surface area contributed by atoms with E-state index in [9.17, 15) is 0 Å². The Balaban J connectivity index is 1.43. The van der Waals surface area contributed by atoms with E-state index in [1.54, 1.807) is 13.4 Å². The number of hydrogen-bond donors (Lipinski definition) is 1. The van der Waals surface area contributed by atoms with Crippen LogP contribution in [0.2, 0.25) is 0 Å². The van der Waals surface area contributed by atoms with Gasteiger partial charge >= 0.3 is 0 Å². The van der Waals surface area contributed by atoms with E-state index in [1.165, 1.54) is 11.3 Å². The lowest BCUT2D eigenvalue weighted by Crippen LogP contribution is -2.24. The summed E-state index contributed by atoms with van der Waals surface area (Å²) in [7, 11) is 1.68. The van der Waals surface area contributed by atoms with Crippen molar-refractivity contribution in [2.75, 3.05) is 19.0 Å². The molecule has 1 aliphatic heterocycles. The van der Waals surface area contributed by atoms with Crippen molar-refractivity contribution in [2.24, 2.45) is 0 Å². The summed E-state index contributed by atoms with van der Waals surface area (Å²) in [6.45, 7) is 7.37. The van der Waals surface area contributed by atoms with Crippen LogP contribution in [0.4, 0.5) is 5.69 Å². The number of aromatic nitrogens is 5. The van der Waals surface area contributed by atoms with Crippen LogP contribution in [0.1, 0.15) is 37.6 Å². The molecule has 4 aromatic rings. The molecule has 0 spiro atoms. The Morgan fingerprint density at radius 2 is 1.97 bits per heavy atom. The second kappa shape index (κ2) is 7.82. The van der Waals surface area contributed by atoms with Crippen molar-refractivity contribution in [1.82, 2.24) is 24.5 Å². The molecular weight excluding hydrogens is 400 g/mol. The van der Waals surface area contributed by atoms with Crippen LogP contribution >= 0.6 is 0 Å². The first-order chi connectivity index (χ1) is 15.4. The average Bonchev–Trinajstić information content (AvgIpc) is 3.43. The molecule has 1 unspecified atom stereocenters. The molecule has 3 heterocycles. The van der Waals surface area contributed by atoms with Gasteiger partial charge in [0.15, 0.2) is 0 Å². The molecular formula is C25H28N6O. The molecule has 1 atom stereocenters. The molecule has 5 rings (SSSR count). The van der Waals surface area contributed by atoms with E-state index >= 15 is 0 Å². The van der Waals surface area contributed by atoms with Crippen molar-refractivity contribution < 1.29 is 4.74 Å². The number of aryl methyl sites for hydroxylation is 1. The fourth-order valence-corrected chi connectivity index (χ4v) is 4.60. The summed E-state index contributed by atoms with van der Waals surface area (Å²) in [5.74, 6) is 0.766. The van der Waals surface area contributed by atoms with Crippen LogP contribution in [-0.2, 0) is 5.41 Å². The van der Waals surface area contributed by atoms with Gasteiger partial charge in [0.05, 0.1) is 37.1 Å². The molecule has 1 aliphatic rings. The first-order valence-corrected chi connectivity index (χ1v) is 10.9. The van der Waals surface area contributed by atoms with Crippen LogP contribution in [0.3, 0.4) is 0 Å². The van der Waals surface area contributed by atoms with Crippen LogP contribution < -0.4 is 10.1 Å². The monoisotopic (exact) mass is 428 g/mol. The number of hydrogen-bond acceptors (Lipinski definition) is 5. The van der Waals surface area contributed by atoms with Crippen LogP contribution in [0.5, 0.6) is 5.75 Å². The second-order valence-corrected chi connectivity index (χ2v) is 9.06. The van der Waals surface area contributed by atoms with E-state index in [4.69, 9.17) is 4.74 Å². The maximum atomic E-state index is 5.66. The fraction of sp³-hybridized carbons (Fsp3) is 0.320. The molecule has 164 valence electrons. The first-order valence-electron chi connectivity index (χ1n) is 10.9. The van der Waals surface area contributed by atoms with E-state index in [0.29, 0.717) is 0 Å². The third-order valence-corrected chi connectivity index (χ3v) is 6.28. The molecule has 0 fully saturated rings. The summed E-state index contributed by atoms with van der Waals surface area (Å²) >= 11 is 0. The van der Waals surface area contributed by atoms with Gasteiger partial charge < -0.3 is 14.6 Å². The number of imidazole rings is 1. The zero-order valence-corrected chi connectivity index (χ0v) is 18.9. The summed E-state index contributed by atoms with van der Waals surface area (Å²) in [6.07, 6.45) is 6.78. The second-order valence-electron chi connectivity index (χ2n) is 9.06. The highest BCUT2D eigenvalue weighted by Crippen LogP contribution is 2.39. The number of benzene rings is 2. The maximum Gasteiger partial charge on any atom is 0.143 e. The van der Waals surface area contributed by atoms with Gasteiger partial charge in [-0.05, 0) is 42.5 Å². The van der Waals surface area contributed by atoms with Gasteiger partial charge in [-0.1, -0.05) is 43.3 Å². The largest absolute Gasteiger partial charge is 0.495 e. The number of rotatable bonds is 4. The Morgan fingerprint density at radius 3 is 2.75 bits per heavy atom. The predicted molar refractivity (Wildman–Crippen MR) is 125 cm³/mol. The Kier molecular flexibility index (Phi) is 4.96. The van der Waals surface area contributed by atoms with E-state index < -0.39 is 0 Å². The predicted octanol–water partition coefficient (Wildman–Crippen LogP) is 4.78. The summed E-state index contributed by atoms with van der Waals surface area (Å²) in [5.41, 5.74) is 6.28. The molecule has 2 aromatic heterocycles. The SMILES string of the molecule is COc1cc(-c2cn(C3CNc4ccccc4C(C)(C)C3)nn2)ccc1-n1cnc(C)c1. The number of fused-ring (bicyclic) bond motifs is 1. The number of nitrogens with zero attached hydrogens (tertiary/aromatic N) is 5. The van der Waals surface area contributed by atoms with Gasteiger partial charge in [-0.15, -0.1) is 5.10 Å². The number of para-hydroxylation sites is 1. The topological polar surface area (TPSA) is 69.8 Å². The number of ether oxygens (including phenoxy) is 1. The molecule has 0 saturated carbocycles. The summed E-state index contributed by atoms with van der Waals surface area (Å²) in [5, 5.41) is 12.6. The Hall–Kier alpha value is -3.61. The zero-order chi connectivity index (χ0) is 22.3. The molecule has 0 bridgehead atoms. The summed E-state index contributed by atoms with van der Waals surface area (Å²) in [4.78, 5) is 4.31. The van der Waals surface area contributed by atoms with Crippen LogP contribution in [-0.4, -0.2) is 38.2 Å². The normalized spacial score (nSPS) is 17.3. The van der Waals surface area contributed by atoms with E-state index in [-0.39, 0.29) is 11.5 Å². The molecule has 0 saturated heterocycles. The van der Waals surface area contributed by atoms with Crippen LogP contribution in [0.25, 0.3) is 16.9 Å². The number of methoxy groups -OCH3 is 1. The van der Waals surface area contributed by atoms with Gasteiger partial charge in [-0.2, -0.15) is 0 Å². The van der Waals surface area contributed by atoms with Crippen LogP contribution in [0.15, 0.2) is 61.2 Å². The van der Waals surface area contributed by atoms with Gasteiger partial charge in [-0.25, -0.2) is 9.67 Å². The zero-order valence-electron chi connectivity index (χ0n) is 18.9. The molecule has 2 aromatic carbocycles. The van der Waals surface area contributed by atoms with Gasteiger partial charge in [0.1, 0.15) is 11.4 Å². The minimum Gasteiger partial charge on any atom is -0.495 e. The highest BCUT2D eigenvalue weighted by molar-refractivity contribution is 5.65. The van der Waals surface area contributed by atoms with Gasteiger partial charge in [-0.3, -0.25) is 0 Å². The van der Waals surface area contributed by atoms with Gasteiger partial charge in [0.25, 0.3) is 0 Å². The summed E-state index contributed by atoms with van der Waals surface area (Å²) in [6, 6.07) is 14.8. The first kappa shape index (κ1) is 20.3. The van der Waals surface area contributed by atoms with Crippen molar-refractivity contribution in [3.63, 3.8) is 0 Å². The fourth-order valence-electron chi connectivity index (χ4n) is 4.60. The third-order valence-electron chi connectivity index (χ3n) is 6.28. The highest BCUT2D eigenvalue weighted by Gasteiger charge is 2.32. The quantitative estimate of drug-likeness (QED) is 0.506. The molecule has 1 N–H and O–H groups in total. The minimum atomic E-state index is 0.0324. The van der Waals surface area contributed by atoms with Crippen LogP contribution in [0, 0.1) is 6.92 Å². The smallest absolute Gasteiger partial charge is 0.143 e. The molecule has 0 amide bonds. The molecule has 7 nitrogen and oxygen atoms in total. The Morgan fingerprint density at radius 1 is 1.12 bits per heavy atom. The van der Waals surface area contributed by atoms with E-state index in [2.05, 4.69) is 58.7 Å². The van der Waals surface area contributed by atoms with E-state index in [1.807, 2.05) is 46.8 Å². The minimum absolute atomic E-state index is 0.0324. The van der Waals surface area contributed by atoms with Crippen molar-refractivity contribution >= 4 is 5.69 Å². The standard InChI is InChI=1S/C25H28N6O/c1-17-14-30(16-27-17)23-10-9-18(11-24(23)32-4)22-15-31(29-28-22)19-12-25(2,3)20-7-5-6-8-21(20)26-13-19/h5-11,14-16,19,26H,12-13H2,1-4H3.